The maximum Gasteiger partial charge on any atom is 0.407 e. The lowest BCUT2D eigenvalue weighted by Gasteiger charge is -2.40. The summed E-state index contributed by atoms with van der Waals surface area (Å²) in [7, 11) is 0. The molecule has 0 aromatic heterocycles. The number of nitrogens with one attached hydrogen (secondary N) is 6. The van der Waals surface area contributed by atoms with Gasteiger partial charge in [0.2, 0.25) is 23.6 Å². The molecule has 8 unspecified atom stereocenters. The number of hydrazine groups is 1. The zero-order chi connectivity index (χ0) is 40.0. The van der Waals surface area contributed by atoms with Gasteiger partial charge in [0.1, 0.15) is 12.6 Å². The van der Waals surface area contributed by atoms with Gasteiger partial charge in [-0.1, -0.05) is 62.4 Å². The van der Waals surface area contributed by atoms with E-state index in [9.17, 15) is 29.1 Å². The molecule has 5 rings (SSSR count). The Morgan fingerprint density at radius 3 is 2.36 bits per heavy atom. The number of piperidine rings is 2. The SMILES string of the molecule is CC(C)N(CC(O)C(Cc1ccccc1)NC(=O)[C@H](CC(N)=O)NC(=O)C1CCC2CCCCC2N1)NC(=O)C1CCCCC1NC(=O)OCC1CCCCN1. The minimum absolute atomic E-state index is 0.0379. The second kappa shape index (κ2) is 21.7. The number of nitrogens with zero attached hydrogens (tertiary/aromatic N) is 1. The number of fused-ring (bicyclic) bond motifs is 1. The first-order valence-electron chi connectivity index (χ1n) is 21.1. The number of carbonyl (C=O) groups is 5. The number of nitrogens with two attached hydrogens (primary N) is 1. The lowest BCUT2D eigenvalue weighted by atomic mass is 9.77. The molecule has 2 saturated heterocycles. The number of amides is 5. The van der Waals surface area contributed by atoms with Crippen LogP contribution in [0, 0.1) is 11.8 Å². The Hall–Kier alpha value is -3.79. The van der Waals surface area contributed by atoms with E-state index in [0.29, 0.717) is 25.2 Å². The summed E-state index contributed by atoms with van der Waals surface area (Å²) in [6, 6.07) is 6.56. The molecule has 4 fully saturated rings. The van der Waals surface area contributed by atoms with Crippen molar-refractivity contribution < 1.29 is 33.8 Å². The van der Waals surface area contributed by atoms with Crippen molar-refractivity contribution in [2.24, 2.45) is 17.6 Å². The normalized spacial score (nSPS) is 26.9. The molecule has 0 spiro atoms. The van der Waals surface area contributed by atoms with Crippen LogP contribution in [-0.2, 0) is 30.3 Å². The van der Waals surface area contributed by atoms with Gasteiger partial charge < -0.3 is 42.2 Å². The smallest absolute Gasteiger partial charge is 0.407 e. The molecule has 2 aliphatic heterocycles. The quantitative estimate of drug-likeness (QED) is 0.108. The van der Waals surface area contributed by atoms with Crippen LogP contribution in [0.1, 0.15) is 109 Å². The number of hydrogen-bond donors (Lipinski definition) is 8. The summed E-state index contributed by atoms with van der Waals surface area (Å²) in [6.45, 7) is 4.93. The van der Waals surface area contributed by atoms with Crippen LogP contribution in [0.4, 0.5) is 4.79 Å². The lowest BCUT2D eigenvalue weighted by molar-refractivity contribution is -0.134. The van der Waals surface area contributed by atoms with Gasteiger partial charge in [0.25, 0.3) is 0 Å². The van der Waals surface area contributed by atoms with Crippen LogP contribution in [0.2, 0.25) is 0 Å². The van der Waals surface area contributed by atoms with Crippen LogP contribution in [0.25, 0.3) is 0 Å². The second-order valence-corrected chi connectivity index (χ2v) is 16.7. The zero-order valence-electron chi connectivity index (χ0n) is 33.3. The highest BCUT2D eigenvalue weighted by atomic mass is 16.5. The van der Waals surface area contributed by atoms with Gasteiger partial charge in [0.05, 0.1) is 30.5 Å². The molecular formula is C41H66N8O7. The van der Waals surface area contributed by atoms with Crippen molar-refractivity contribution >= 4 is 29.7 Å². The average Bonchev–Trinajstić information content (AvgIpc) is 3.19. The molecule has 5 amide bonds. The third-order valence-electron chi connectivity index (χ3n) is 12.1. The molecule has 15 heteroatoms. The second-order valence-electron chi connectivity index (χ2n) is 16.7. The van der Waals surface area contributed by atoms with Crippen molar-refractivity contribution in [1.29, 1.82) is 0 Å². The molecule has 4 aliphatic rings. The maximum absolute atomic E-state index is 13.9. The summed E-state index contributed by atoms with van der Waals surface area (Å²) in [5.41, 5.74) is 9.41. The first-order chi connectivity index (χ1) is 27.0. The van der Waals surface area contributed by atoms with Gasteiger partial charge >= 0.3 is 6.09 Å². The first kappa shape index (κ1) is 43.3. The molecule has 2 aliphatic carbocycles. The number of aliphatic hydroxyl groups is 1. The summed E-state index contributed by atoms with van der Waals surface area (Å²) in [6.07, 6.45) is 10.3. The topological polar surface area (TPSA) is 216 Å². The Kier molecular flexibility index (Phi) is 16.8. The summed E-state index contributed by atoms with van der Waals surface area (Å²) < 4.78 is 5.53. The number of primary amides is 1. The minimum atomic E-state index is -1.24. The third kappa shape index (κ3) is 13.1. The largest absolute Gasteiger partial charge is 0.448 e. The molecule has 2 saturated carbocycles. The third-order valence-corrected chi connectivity index (χ3v) is 12.1. The number of hydrogen-bond acceptors (Lipinski definition) is 10. The zero-order valence-corrected chi connectivity index (χ0v) is 33.3. The van der Waals surface area contributed by atoms with Crippen LogP contribution in [0.5, 0.6) is 0 Å². The monoisotopic (exact) mass is 783 g/mol. The van der Waals surface area contributed by atoms with E-state index in [1.807, 2.05) is 44.2 Å². The fourth-order valence-corrected chi connectivity index (χ4v) is 8.81. The summed E-state index contributed by atoms with van der Waals surface area (Å²) in [4.78, 5) is 66.2. The molecular weight excluding hydrogens is 716 g/mol. The minimum Gasteiger partial charge on any atom is -0.448 e. The van der Waals surface area contributed by atoms with Crippen LogP contribution in [0.3, 0.4) is 0 Å². The van der Waals surface area contributed by atoms with E-state index >= 15 is 0 Å². The Morgan fingerprint density at radius 1 is 0.893 bits per heavy atom. The Bertz CT molecular complexity index is 1440. The first-order valence-corrected chi connectivity index (χ1v) is 21.1. The van der Waals surface area contributed by atoms with E-state index in [-0.39, 0.29) is 49.5 Å². The lowest BCUT2D eigenvalue weighted by Crippen LogP contribution is -2.61. The molecule has 0 bridgehead atoms. The predicted octanol–water partition coefficient (Wildman–Crippen LogP) is 1.91. The highest BCUT2D eigenvalue weighted by molar-refractivity contribution is 5.93. The molecule has 56 heavy (non-hydrogen) atoms. The number of benzene rings is 1. The summed E-state index contributed by atoms with van der Waals surface area (Å²) in [5.74, 6) is -1.95. The molecule has 2 heterocycles. The van der Waals surface area contributed by atoms with Crippen LogP contribution >= 0.6 is 0 Å². The van der Waals surface area contributed by atoms with Gasteiger partial charge in [0, 0.05) is 30.7 Å². The fraction of sp³-hybridized carbons (Fsp3) is 0.732. The number of ether oxygens (including phenoxy) is 1. The Labute approximate surface area is 331 Å². The van der Waals surface area contributed by atoms with Gasteiger partial charge in [-0.05, 0) is 89.7 Å². The van der Waals surface area contributed by atoms with Gasteiger partial charge in [-0.15, -0.1) is 0 Å². The van der Waals surface area contributed by atoms with E-state index in [1.165, 1.54) is 6.42 Å². The Morgan fingerprint density at radius 2 is 1.62 bits per heavy atom. The highest BCUT2D eigenvalue weighted by Crippen LogP contribution is 2.32. The Balaban J connectivity index is 1.22. The van der Waals surface area contributed by atoms with E-state index in [1.54, 1.807) is 5.01 Å². The van der Waals surface area contributed by atoms with Crippen molar-refractivity contribution in [3.63, 3.8) is 0 Å². The molecule has 0 radical (unpaired) electrons. The van der Waals surface area contributed by atoms with Crippen molar-refractivity contribution in [3.05, 3.63) is 35.9 Å². The van der Waals surface area contributed by atoms with Crippen LogP contribution < -0.4 is 37.7 Å². The highest BCUT2D eigenvalue weighted by Gasteiger charge is 2.38. The molecule has 9 atom stereocenters. The predicted molar refractivity (Wildman–Crippen MR) is 212 cm³/mol. The average molecular weight is 783 g/mol. The standard InChI is InChI=1S/C41H66N8O7/c1-26(2)49(48-38(52)30-16-7-9-18-32(30)47-41(55)56-25-29-15-10-11-21-43-29)24-36(50)34(22-27-12-4-3-5-13-27)45-40(54)35(23-37(42)51)46-39(53)33-20-19-28-14-6-8-17-31(28)44-33/h3-5,12-13,26,28-36,43-44,50H,6-11,14-25H2,1-2H3,(H2,42,51)(H,45,54)(H,46,53)(H,47,55)(H,48,52)/t28?,29?,30?,31?,32?,33?,34?,35-,36?/m0/s1. The van der Waals surface area contributed by atoms with E-state index in [4.69, 9.17) is 10.5 Å². The van der Waals surface area contributed by atoms with Gasteiger partial charge in [0.15, 0.2) is 0 Å². The van der Waals surface area contributed by atoms with Gasteiger partial charge in [-0.25, -0.2) is 9.80 Å². The van der Waals surface area contributed by atoms with E-state index in [0.717, 1.165) is 69.9 Å². The molecule has 1 aromatic carbocycles. The van der Waals surface area contributed by atoms with Crippen molar-refractivity contribution in [2.45, 2.75) is 159 Å². The summed E-state index contributed by atoms with van der Waals surface area (Å²) >= 11 is 0. The number of rotatable bonds is 17. The molecule has 312 valence electrons. The van der Waals surface area contributed by atoms with Crippen LogP contribution in [0.15, 0.2) is 30.3 Å². The molecule has 9 N–H and O–H groups in total. The van der Waals surface area contributed by atoms with Crippen molar-refractivity contribution in [3.8, 4) is 0 Å². The maximum atomic E-state index is 13.9. The number of carbonyl (C=O) groups excluding carboxylic acids is 5. The van der Waals surface area contributed by atoms with E-state index in [2.05, 4.69) is 32.0 Å². The van der Waals surface area contributed by atoms with Gasteiger partial charge in [-0.2, -0.15) is 0 Å². The fourth-order valence-electron chi connectivity index (χ4n) is 8.81. The number of alkyl carbamates (subject to hydrolysis) is 1. The summed E-state index contributed by atoms with van der Waals surface area (Å²) in [5, 5.41) is 28.9. The van der Waals surface area contributed by atoms with E-state index < -0.39 is 60.5 Å². The van der Waals surface area contributed by atoms with Crippen molar-refractivity contribution in [1.82, 2.24) is 37.0 Å². The van der Waals surface area contributed by atoms with Gasteiger partial charge in [-0.3, -0.25) is 24.6 Å². The van der Waals surface area contributed by atoms with Crippen LogP contribution in [-0.4, -0.2) is 108 Å². The molecule has 15 nitrogen and oxygen atoms in total. The molecule has 1 aromatic rings. The number of aliphatic hydroxyl groups excluding tert-OH is 1. The van der Waals surface area contributed by atoms with Crippen molar-refractivity contribution in [2.75, 3.05) is 19.7 Å².